The van der Waals surface area contributed by atoms with Crippen LogP contribution in [0.1, 0.15) is 18.4 Å². The molecule has 1 radical (unpaired) electrons. The van der Waals surface area contributed by atoms with Gasteiger partial charge in [-0.25, -0.2) is 4.98 Å². The Morgan fingerprint density at radius 1 is 1.33 bits per heavy atom. The van der Waals surface area contributed by atoms with Gasteiger partial charge >= 0.3 is 0 Å². The molecule has 77 valence electrons. The number of hydrogen-bond acceptors (Lipinski definition) is 1. The molecular weight excluding hydrogens is 184 g/mol. The molecule has 1 aromatic carbocycles. The van der Waals surface area contributed by atoms with Crippen molar-refractivity contribution >= 4 is 11.0 Å². The van der Waals surface area contributed by atoms with E-state index in [4.69, 9.17) is 0 Å². The van der Waals surface area contributed by atoms with Crippen molar-refractivity contribution in [2.75, 3.05) is 0 Å². The molecule has 0 aliphatic carbocycles. The molecule has 2 nitrogen and oxygen atoms in total. The van der Waals surface area contributed by atoms with Gasteiger partial charge in [-0.2, -0.15) is 0 Å². The molecule has 1 aromatic heterocycles. The lowest BCUT2D eigenvalue weighted by atomic mass is 10.1. The van der Waals surface area contributed by atoms with Gasteiger partial charge in [-0.15, -0.1) is 0 Å². The van der Waals surface area contributed by atoms with Crippen LogP contribution in [-0.2, 0) is 6.42 Å². The molecule has 0 spiro atoms. The maximum absolute atomic E-state index is 4.19. The molecule has 0 bridgehead atoms. The SMILES string of the molecule is [CH2]CC=CCCc1ccc2nc[nH]c2c1. The maximum atomic E-state index is 4.19. The molecule has 0 unspecified atom stereocenters. The number of aromatic nitrogens is 2. The van der Waals surface area contributed by atoms with Crippen LogP contribution in [0.4, 0.5) is 0 Å². The molecule has 0 atom stereocenters. The van der Waals surface area contributed by atoms with Gasteiger partial charge in [-0.3, -0.25) is 0 Å². The summed E-state index contributed by atoms with van der Waals surface area (Å²) >= 11 is 0. The van der Waals surface area contributed by atoms with Gasteiger partial charge in [0.1, 0.15) is 0 Å². The predicted octanol–water partition coefficient (Wildman–Crippen LogP) is 3.28. The van der Waals surface area contributed by atoms with Crippen LogP contribution < -0.4 is 0 Å². The summed E-state index contributed by atoms with van der Waals surface area (Å²) in [5, 5.41) is 0. The molecule has 0 saturated heterocycles. The molecule has 1 heterocycles. The summed E-state index contributed by atoms with van der Waals surface area (Å²) in [6, 6.07) is 6.37. The minimum absolute atomic E-state index is 0.875. The molecule has 2 heteroatoms. The third kappa shape index (κ3) is 2.46. The van der Waals surface area contributed by atoms with Gasteiger partial charge in [0.25, 0.3) is 0 Å². The molecule has 0 fully saturated rings. The van der Waals surface area contributed by atoms with Crippen LogP contribution >= 0.6 is 0 Å². The molecular formula is C13H15N2. The van der Waals surface area contributed by atoms with E-state index in [1.165, 1.54) is 5.56 Å². The summed E-state index contributed by atoms with van der Waals surface area (Å²) in [5.74, 6) is 0. The first-order valence-corrected chi connectivity index (χ1v) is 5.26. The number of nitrogens with zero attached hydrogens (tertiary/aromatic N) is 1. The number of nitrogens with one attached hydrogen (secondary N) is 1. The van der Waals surface area contributed by atoms with E-state index in [-0.39, 0.29) is 0 Å². The Kier molecular flexibility index (Phi) is 3.18. The largest absolute Gasteiger partial charge is 0.345 e. The Labute approximate surface area is 90.0 Å². The van der Waals surface area contributed by atoms with Crippen molar-refractivity contribution in [1.29, 1.82) is 0 Å². The fourth-order valence-corrected chi connectivity index (χ4v) is 1.62. The summed E-state index contributed by atoms with van der Waals surface area (Å²) in [6.45, 7) is 3.76. The van der Waals surface area contributed by atoms with Crippen molar-refractivity contribution in [2.45, 2.75) is 19.3 Å². The summed E-state index contributed by atoms with van der Waals surface area (Å²) in [4.78, 5) is 7.31. The average Bonchev–Trinajstić information content (AvgIpc) is 2.71. The molecule has 0 aliphatic heterocycles. The van der Waals surface area contributed by atoms with E-state index >= 15 is 0 Å². The highest BCUT2D eigenvalue weighted by atomic mass is 14.9. The topological polar surface area (TPSA) is 28.7 Å². The summed E-state index contributed by atoms with van der Waals surface area (Å²) in [7, 11) is 0. The molecule has 2 aromatic rings. The van der Waals surface area contributed by atoms with Gasteiger partial charge in [0.2, 0.25) is 0 Å². The van der Waals surface area contributed by atoms with E-state index in [2.05, 4.69) is 47.2 Å². The highest BCUT2D eigenvalue weighted by Gasteiger charge is 1.97. The summed E-state index contributed by atoms with van der Waals surface area (Å²) in [5.41, 5.74) is 3.50. The maximum Gasteiger partial charge on any atom is 0.0931 e. The molecule has 15 heavy (non-hydrogen) atoms. The van der Waals surface area contributed by atoms with Crippen LogP contribution in [0.5, 0.6) is 0 Å². The zero-order valence-corrected chi connectivity index (χ0v) is 8.74. The monoisotopic (exact) mass is 199 g/mol. The zero-order valence-electron chi connectivity index (χ0n) is 8.74. The van der Waals surface area contributed by atoms with E-state index in [1.807, 2.05) is 0 Å². The third-order valence-corrected chi connectivity index (χ3v) is 2.42. The first-order valence-electron chi connectivity index (χ1n) is 5.26. The van der Waals surface area contributed by atoms with E-state index < -0.39 is 0 Å². The standard InChI is InChI=1S/C13H15N2/c1-2-3-4-5-6-11-7-8-12-13(9-11)15-10-14-12/h3-4,7-10H,1-2,5-6H2,(H,14,15). The first-order chi connectivity index (χ1) is 7.40. The van der Waals surface area contributed by atoms with Crippen LogP contribution in [0, 0.1) is 6.92 Å². The smallest absolute Gasteiger partial charge is 0.0931 e. The number of imidazole rings is 1. The van der Waals surface area contributed by atoms with Gasteiger partial charge in [0.05, 0.1) is 17.4 Å². The lowest BCUT2D eigenvalue weighted by Gasteiger charge is -1.97. The lowest BCUT2D eigenvalue weighted by Crippen LogP contribution is -1.83. The summed E-state index contributed by atoms with van der Waals surface area (Å²) in [6.07, 6.45) is 9.05. The first kappa shape index (κ1) is 9.97. The van der Waals surface area contributed by atoms with Crippen LogP contribution in [0.3, 0.4) is 0 Å². The fraction of sp³-hybridized carbons (Fsp3) is 0.231. The quantitative estimate of drug-likeness (QED) is 0.752. The van der Waals surface area contributed by atoms with E-state index in [9.17, 15) is 0 Å². The second kappa shape index (κ2) is 4.78. The number of aryl methyl sites for hydroxylation is 1. The number of allylic oxidation sites excluding steroid dienone is 2. The van der Waals surface area contributed by atoms with Crippen LogP contribution in [-0.4, -0.2) is 9.97 Å². The molecule has 1 N–H and O–H groups in total. The van der Waals surface area contributed by atoms with Crippen molar-refractivity contribution in [3.05, 3.63) is 49.2 Å². The van der Waals surface area contributed by atoms with Crippen molar-refractivity contribution in [1.82, 2.24) is 9.97 Å². The number of aromatic amines is 1. The predicted molar refractivity (Wildman–Crippen MR) is 63.5 cm³/mol. The second-order valence-corrected chi connectivity index (χ2v) is 3.55. The molecule has 2 rings (SSSR count). The van der Waals surface area contributed by atoms with Crippen molar-refractivity contribution in [3.63, 3.8) is 0 Å². The molecule has 0 saturated carbocycles. The Morgan fingerprint density at radius 3 is 3.13 bits per heavy atom. The number of benzene rings is 1. The van der Waals surface area contributed by atoms with Gasteiger partial charge in [-0.05, 0) is 43.9 Å². The number of H-pyrrole nitrogens is 1. The highest BCUT2D eigenvalue weighted by molar-refractivity contribution is 5.74. The normalized spacial score (nSPS) is 11.5. The van der Waals surface area contributed by atoms with Crippen LogP contribution in [0.25, 0.3) is 11.0 Å². The van der Waals surface area contributed by atoms with Gasteiger partial charge in [-0.1, -0.05) is 18.2 Å². The third-order valence-electron chi connectivity index (χ3n) is 2.42. The van der Waals surface area contributed by atoms with Crippen molar-refractivity contribution in [3.8, 4) is 0 Å². The molecule has 0 amide bonds. The second-order valence-electron chi connectivity index (χ2n) is 3.55. The minimum atomic E-state index is 0.875. The Balaban J connectivity index is 2.04. The van der Waals surface area contributed by atoms with Crippen LogP contribution in [0.2, 0.25) is 0 Å². The van der Waals surface area contributed by atoms with E-state index in [0.29, 0.717) is 0 Å². The van der Waals surface area contributed by atoms with Crippen LogP contribution in [0.15, 0.2) is 36.7 Å². The van der Waals surface area contributed by atoms with Gasteiger partial charge in [0, 0.05) is 0 Å². The number of hydrogen-bond donors (Lipinski definition) is 1. The van der Waals surface area contributed by atoms with E-state index in [1.54, 1.807) is 6.33 Å². The average molecular weight is 199 g/mol. The zero-order chi connectivity index (χ0) is 10.5. The van der Waals surface area contributed by atoms with Gasteiger partial charge in [0.15, 0.2) is 0 Å². The fourth-order valence-electron chi connectivity index (χ4n) is 1.62. The minimum Gasteiger partial charge on any atom is -0.345 e. The summed E-state index contributed by atoms with van der Waals surface area (Å²) < 4.78 is 0. The van der Waals surface area contributed by atoms with Gasteiger partial charge < -0.3 is 4.98 Å². The Morgan fingerprint density at radius 2 is 2.27 bits per heavy atom. The Hall–Kier alpha value is -1.57. The lowest BCUT2D eigenvalue weighted by molar-refractivity contribution is 0.998. The van der Waals surface area contributed by atoms with Crippen molar-refractivity contribution in [2.24, 2.45) is 0 Å². The van der Waals surface area contributed by atoms with E-state index in [0.717, 1.165) is 30.3 Å². The number of fused-ring (bicyclic) bond motifs is 1. The Bertz CT molecular complexity index is 454. The number of rotatable bonds is 4. The van der Waals surface area contributed by atoms with Crippen molar-refractivity contribution < 1.29 is 0 Å². The highest BCUT2D eigenvalue weighted by Crippen LogP contribution is 2.13. The molecule has 0 aliphatic rings.